The van der Waals surface area contributed by atoms with Gasteiger partial charge in [-0.25, -0.2) is 0 Å². The summed E-state index contributed by atoms with van der Waals surface area (Å²) in [5, 5.41) is 1.25. The average Bonchev–Trinajstić information content (AvgIpc) is 2.90. The third kappa shape index (κ3) is 2.92. The normalized spacial score (nSPS) is 12.9. The molecule has 0 aromatic heterocycles. The lowest BCUT2D eigenvalue weighted by atomic mass is 9.99. The van der Waals surface area contributed by atoms with E-state index in [0.717, 1.165) is 28.9 Å². The molecule has 0 N–H and O–H groups in total. The summed E-state index contributed by atoms with van der Waals surface area (Å²) in [4.78, 5) is 12.4. The molecule has 0 amide bonds. The predicted molar refractivity (Wildman–Crippen MR) is 84.9 cm³/mol. The van der Waals surface area contributed by atoms with E-state index in [1.165, 1.54) is 0 Å². The van der Waals surface area contributed by atoms with Crippen molar-refractivity contribution in [3.05, 3.63) is 62.6 Å². The third-order valence-corrected chi connectivity index (χ3v) is 4.30. The maximum atomic E-state index is 12.4. The molecule has 0 unspecified atom stereocenters. The SMILES string of the molecule is Cc1ccc(C(=O)Cc2cc(Cl)cc3c2OCC3)cc1Cl. The zero-order chi connectivity index (χ0) is 15.0. The van der Waals surface area contributed by atoms with Gasteiger partial charge in [-0.1, -0.05) is 35.3 Å². The number of benzene rings is 2. The molecule has 0 fully saturated rings. The van der Waals surface area contributed by atoms with Crippen LogP contribution < -0.4 is 4.74 Å². The van der Waals surface area contributed by atoms with Gasteiger partial charge < -0.3 is 4.74 Å². The minimum Gasteiger partial charge on any atom is -0.493 e. The van der Waals surface area contributed by atoms with E-state index in [-0.39, 0.29) is 12.2 Å². The Hall–Kier alpha value is -1.51. The number of ether oxygens (including phenoxy) is 1. The number of halogens is 2. The number of carbonyl (C=O) groups is 1. The molecule has 0 atom stereocenters. The largest absolute Gasteiger partial charge is 0.493 e. The van der Waals surface area contributed by atoms with E-state index in [2.05, 4.69) is 0 Å². The van der Waals surface area contributed by atoms with E-state index in [9.17, 15) is 4.79 Å². The summed E-state index contributed by atoms with van der Waals surface area (Å²) < 4.78 is 5.63. The van der Waals surface area contributed by atoms with Crippen LogP contribution in [0.3, 0.4) is 0 Å². The van der Waals surface area contributed by atoms with Crippen molar-refractivity contribution in [1.82, 2.24) is 0 Å². The second kappa shape index (κ2) is 5.70. The molecule has 1 aliphatic heterocycles. The van der Waals surface area contributed by atoms with Crippen molar-refractivity contribution in [2.24, 2.45) is 0 Å². The molecule has 0 spiro atoms. The number of rotatable bonds is 3. The first-order chi connectivity index (χ1) is 10.0. The van der Waals surface area contributed by atoms with Crippen molar-refractivity contribution >= 4 is 29.0 Å². The van der Waals surface area contributed by atoms with E-state index >= 15 is 0 Å². The van der Waals surface area contributed by atoms with Gasteiger partial charge in [0.25, 0.3) is 0 Å². The van der Waals surface area contributed by atoms with Crippen molar-refractivity contribution in [2.45, 2.75) is 19.8 Å². The molecule has 3 rings (SSSR count). The first kappa shape index (κ1) is 14.4. The van der Waals surface area contributed by atoms with Crippen molar-refractivity contribution in [2.75, 3.05) is 6.61 Å². The van der Waals surface area contributed by atoms with Crippen LogP contribution in [0.4, 0.5) is 0 Å². The Morgan fingerprint density at radius 2 is 2.05 bits per heavy atom. The fourth-order valence-electron chi connectivity index (χ4n) is 2.52. The van der Waals surface area contributed by atoms with Gasteiger partial charge in [-0.2, -0.15) is 0 Å². The lowest BCUT2D eigenvalue weighted by Gasteiger charge is -2.09. The Kier molecular flexibility index (Phi) is 3.92. The van der Waals surface area contributed by atoms with Gasteiger partial charge in [0, 0.05) is 34.0 Å². The van der Waals surface area contributed by atoms with E-state index in [1.807, 2.05) is 19.1 Å². The maximum absolute atomic E-state index is 12.4. The molecular weight excluding hydrogens is 307 g/mol. The smallest absolute Gasteiger partial charge is 0.167 e. The Bertz CT molecular complexity index is 723. The summed E-state index contributed by atoms with van der Waals surface area (Å²) in [5.74, 6) is 0.822. The first-order valence-electron chi connectivity index (χ1n) is 6.78. The molecule has 0 radical (unpaired) electrons. The van der Waals surface area contributed by atoms with Crippen LogP contribution in [0.1, 0.15) is 27.0 Å². The molecule has 4 heteroatoms. The van der Waals surface area contributed by atoms with E-state index in [1.54, 1.807) is 18.2 Å². The van der Waals surface area contributed by atoms with Gasteiger partial charge in [0.2, 0.25) is 0 Å². The Morgan fingerprint density at radius 1 is 1.24 bits per heavy atom. The van der Waals surface area contributed by atoms with Crippen LogP contribution in [0.15, 0.2) is 30.3 Å². The average molecular weight is 321 g/mol. The standard InChI is InChI=1S/C17H14Cl2O2/c1-10-2-3-11(8-15(10)19)16(20)9-13-7-14(18)6-12-4-5-21-17(12)13/h2-3,6-8H,4-5,9H2,1H3. The van der Waals surface area contributed by atoms with Gasteiger partial charge in [0.05, 0.1) is 6.61 Å². The van der Waals surface area contributed by atoms with Gasteiger partial charge in [0.1, 0.15) is 5.75 Å². The topological polar surface area (TPSA) is 26.3 Å². The van der Waals surface area contributed by atoms with Crippen molar-refractivity contribution in [1.29, 1.82) is 0 Å². The summed E-state index contributed by atoms with van der Waals surface area (Å²) in [6.07, 6.45) is 1.11. The lowest BCUT2D eigenvalue weighted by Crippen LogP contribution is -2.05. The van der Waals surface area contributed by atoms with Crippen LogP contribution in [0, 0.1) is 6.92 Å². The van der Waals surface area contributed by atoms with Crippen LogP contribution in [-0.2, 0) is 12.8 Å². The molecule has 0 saturated carbocycles. The number of aryl methyl sites for hydroxylation is 1. The molecule has 1 heterocycles. The molecule has 0 saturated heterocycles. The highest BCUT2D eigenvalue weighted by molar-refractivity contribution is 6.31. The number of carbonyl (C=O) groups excluding carboxylic acids is 1. The van der Waals surface area contributed by atoms with Crippen LogP contribution in [-0.4, -0.2) is 12.4 Å². The van der Waals surface area contributed by atoms with Crippen molar-refractivity contribution in [3.63, 3.8) is 0 Å². The highest BCUT2D eigenvalue weighted by atomic mass is 35.5. The molecule has 2 nitrogen and oxygen atoms in total. The van der Waals surface area contributed by atoms with E-state index in [4.69, 9.17) is 27.9 Å². The Labute approximate surface area is 133 Å². The molecule has 0 aliphatic carbocycles. The van der Waals surface area contributed by atoms with Crippen molar-refractivity contribution in [3.8, 4) is 5.75 Å². The monoisotopic (exact) mass is 320 g/mol. The Balaban J connectivity index is 1.90. The highest BCUT2D eigenvalue weighted by Gasteiger charge is 2.20. The molecule has 108 valence electrons. The zero-order valence-corrected chi connectivity index (χ0v) is 13.1. The number of hydrogen-bond donors (Lipinski definition) is 0. The summed E-state index contributed by atoms with van der Waals surface area (Å²) in [5.41, 5.74) is 3.49. The minimum absolute atomic E-state index is 0.0110. The fourth-order valence-corrected chi connectivity index (χ4v) is 2.96. The zero-order valence-electron chi connectivity index (χ0n) is 11.6. The van der Waals surface area contributed by atoms with Crippen LogP contribution in [0.2, 0.25) is 10.0 Å². The number of fused-ring (bicyclic) bond motifs is 1. The molecule has 2 aromatic carbocycles. The highest BCUT2D eigenvalue weighted by Crippen LogP contribution is 2.33. The quantitative estimate of drug-likeness (QED) is 0.769. The lowest BCUT2D eigenvalue weighted by molar-refractivity contribution is 0.0992. The Morgan fingerprint density at radius 3 is 2.81 bits per heavy atom. The third-order valence-electron chi connectivity index (χ3n) is 3.67. The van der Waals surface area contributed by atoms with Gasteiger partial charge in [0.15, 0.2) is 5.78 Å². The first-order valence-corrected chi connectivity index (χ1v) is 7.53. The molecule has 2 aromatic rings. The van der Waals surface area contributed by atoms with Crippen LogP contribution >= 0.6 is 23.2 Å². The van der Waals surface area contributed by atoms with Gasteiger partial charge in [-0.15, -0.1) is 0 Å². The molecule has 1 aliphatic rings. The van der Waals surface area contributed by atoms with Crippen LogP contribution in [0.5, 0.6) is 5.75 Å². The number of ketones is 1. The van der Waals surface area contributed by atoms with Gasteiger partial charge in [-0.3, -0.25) is 4.79 Å². The number of Topliss-reactive ketones (excluding diaryl/α,β-unsaturated/α-hetero) is 1. The second-order valence-corrected chi connectivity index (χ2v) is 6.06. The molecule has 0 bridgehead atoms. The van der Waals surface area contributed by atoms with Gasteiger partial charge >= 0.3 is 0 Å². The second-order valence-electron chi connectivity index (χ2n) is 5.22. The van der Waals surface area contributed by atoms with Crippen LogP contribution in [0.25, 0.3) is 0 Å². The number of hydrogen-bond acceptors (Lipinski definition) is 2. The van der Waals surface area contributed by atoms with E-state index in [0.29, 0.717) is 22.2 Å². The van der Waals surface area contributed by atoms with E-state index < -0.39 is 0 Å². The minimum atomic E-state index is 0.0110. The van der Waals surface area contributed by atoms with Gasteiger partial charge in [-0.05, 0) is 36.2 Å². The summed E-state index contributed by atoms with van der Waals surface area (Å²) in [7, 11) is 0. The summed E-state index contributed by atoms with van der Waals surface area (Å²) in [6.45, 7) is 2.56. The fraction of sp³-hybridized carbons (Fsp3) is 0.235. The predicted octanol–water partition coefficient (Wildman–Crippen LogP) is 4.66. The van der Waals surface area contributed by atoms with Crippen molar-refractivity contribution < 1.29 is 9.53 Å². The maximum Gasteiger partial charge on any atom is 0.167 e. The molecule has 21 heavy (non-hydrogen) atoms. The molecular formula is C17H14Cl2O2. The summed E-state index contributed by atoms with van der Waals surface area (Å²) >= 11 is 12.2. The summed E-state index contributed by atoms with van der Waals surface area (Å²) in [6, 6.07) is 9.08.